The van der Waals surface area contributed by atoms with Crippen molar-refractivity contribution < 1.29 is 9.90 Å². The van der Waals surface area contributed by atoms with Gasteiger partial charge in [-0.2, -0.15) is 0 Å². The third-order valence-electron chi connectivity index (χ3n) is 5.36. The van der Waals surface area contributed by atoms with Gasteiger partial charge in [-0.15, -0.1) is 0 Å². The van der Waals surface area contributed by atoms with Crippen molar-refractivity contribution >= 4 is 17.5 Å². The standard InChI is InChI=1S/C22H26ClNO2/c23-20-8-6-19(7-9-20)21(18-4-2-1-3-5-18)16-22(26)24-13-10-17(11-14-24)12-15-25/h1-9,17,21,25H,10-16H2/t21-/m0/s1. The van der Waals surface area contributed by atoms with Gasteiger partial charge in [-0.1, -0.05) is 54.1 Å². The molecule has 4 heteroatoms. The molecule has 1 N–H and O–H groups in total. The predicted octanol–water partition coefficient (Wildman–Crippen LogP) is 4.48. The van der Waals surface area contributed by atoms with E-state index in [1.807, 2.05) is 47.4 Å². The maximum atomic E-state index is 12.9. The van der Waals surface area contributed by atoms with Crippen molar-refractivity contribution in [3.63, 3.8) is 0 Å². The van der Waals surface area contributed by atoms with E-state index >= 15 is 0 Å². The molecule has 1 aliphatic heterocycles. The number of benzene rings is 2. The van der Waals surface area contributed by atoms with Crippen molar-refractivity contribution in [3.05, 3.63) is 70.7 Å². The topological polar surface area (TPSA) is 40.5 Å². The highest BCUT2D eigenvalue weighted by atomic mass is 35.5. The minimum Gasteiger partial charge on any atom is -0.396 e. The molecule has 0 radical (unpaired) electrons. The van der Waals surface area contributed by atoms with Crippen molar-refractivity contribution in [1.29, 1.82) is 0 Å². The Kier molecular flexibility index (Phi) is 6.70. The molecule has 1 atom stereocenters. The van der Waals surface area contributed by atoms with Crippen LogP contribution < -0.4 is 0 Å². The molecule has 0 spiro atoms. The highest BCUT2D eigenvalue weighted by Gasteiger charge is 2.25. The summed E-state index contributed by atoms with van der Waals surface area (Å²) in [6.45, 7) is 1.84. The number of hydrogen-bond donors (Lipinski definition) is 1. The number of nitrogens with zero attached hydrogens (tertiary/aromatic N) is 1. The number of carbonyl (C=O) groups excluding carboxylic acids is 1. The molecular weight excluding hydrogens is 346 g/mol. The first kappa shape index (κ1) is 18.9. The lowest BCUT2D eigenvalue weighted by atomic mass is 9.87. The van der Waals surface area contributed by atoms with Gasteiger partial charge < -0.3 is 10.0 Å². The van der Waals surface area contributed by atoms with E-state index in [2.05, 4.69) is 12.1 Å². The van der Waals surface area contributed by atoms with E-state index in [-0.39, 0.29) is 18.4 Å². The van der Waals surface area contributed by atoms with E-state index in [1.54, 1.807) is 0 Å². The second kappa shape index (κ2) is 9.20. The van der Waals surface area contributed by atoms with Gasteiger partial charge in [-0.3, -0.25) is 4.79 Å². The number of amides is 1. The zero-order valence-corrected chi connectivity index (χ0v) is 15.7. The zero-order chi connectivity index (χ0) is 18.4. The van der Waals surface area contributed by atoms with E-state index in [0.717, 1.165) is 43.5 Å². The molecule has 0 bridgehead atoms. The summed E-state index contributed by atoms with van der Waals surface area (Å²) in [4.78, 5) is 14.9. The van der Waals surface area contributed by atoms with Gasteiger partial charge in [0.05, 0.1) is 0 Å². The quantitative estimate of drug-likeness (QED) is 0.813. The molecule has 1 amide bonds. The van der Waals surface area contributed by atoms with Crippen molar-refractivity contribution in [2.75, 3.05) is 19.7 Å². The molecule has 1 heterocycles. The van der Waals surface area contributed by atoms with Crippen LogP contribution in [-0.4, -0.2) is 35.6 Å². The monoisotopic (exact) mass is 371 g/mol. The van der Waals surface area contributed by atoms with E-state index in [9.17, 15) is 4.79 Å². The molecule has 2 aromatic carbocycles. The van der Waals surface area contributed by atoms with Crippen molar-refractivity contribution in [1.82, 2.24) is 4.90 Å². The summed E-state index contributed by atoms with van der Waals surface area (Å²) in [6, 6.07) is 18.0. The van der Waals surface area contributed by atoms with Crippen LogP contribution >= 0.6 is 11.6 Å². The average Bonchev–Trinajstić information content (AvgIpc) is 2.68. The second-order valence-corrected chi connectivity index (χ2v) is 7.49. The molecule has 0 saturated carbocycles. The fourth-order valence-electron chi connectivity index (χ4n) is 3.77. The molecule has 138 valence electrons. The molecule has 1 aliphatic rings. The fraction of sp³-hybridized carbons (Fsp3) is 0.409. The van der Waals surface area contributed by atoms with E-state index in [0.29, 0.717) is 17.4 Å². The Balaban J connectivity index is 1.72. The van der Waals surface area contributed by atoms with Gasteiger partial charge in [-0.25, -0.2) is 0 Å². The Hall–Kier alpha value is -1.84. The molecule has 26 heavy (non-hydrogen) atoms. The zero-order valence-electron chi connectivity index (χ0n) is 15.0. The summed E-state index contributed by atoms with van der Waals surface area (Å²) in [5.41, 5.74) is 2.27. The van der Waals surface area contributed by atoms with Crippen LogP contribution in [0.2, 0.25) is 5.02 Å². The fourth-order valence-corrected chi connectivity index (χ4v) is 3.89. The summed E-state index contributed by atoms with van der Waals surface area (Å²) in [5.74, 6) is 0.789. The molecule has 3 rings (SSSR count). The number of hydrogen-bond acceptors (Lipinski definition) is 2. The first-order chi connectivity index (χ1) is 12.7. The number of aliphatic hydroxyl groups excluding tert-OH is 1. The summed E-state index contributed by atoms with van der Waals surface area (Å²) in [7, 11) is 0. The van der Waals surface area contributed by atoms with E-state index in [1.165, 1.54) is 0 Å². The Labute approximate surface area is 160 Å². The van der Waals surface area contributed by atoms with Crippen LogP contribution in [0.5, 0.6) is 0 Å². The Bertz CT molecular complexity index is 694. The van der Waals surface area contributed by atoms with Crippen molar-refractivity contribution in [2.45, 2.75) is 31.6 Å². The Morgan fingerprint density at radius 3 is 2.27 bits per heavy atom. The normalized spacial score (nSPS) is 16.5. The lowest BCUT2D eigenvalue weighted by molar-refractivity contribution is -0.132. The number of halogens is 1. The molecule has 2 aromatic rings. The smallest absolute Gasteiger partial charge is 0.223 e. The summed E-state index contributed by atoms with van der Waals surface area (Å²) < 4.78 is 0. The number of likely N-dealkylation sites (tertiary alicyclic amines) is 1. The molecule has 0 unspecified atom stereocenters. The highest BCUT2D eigenvalue weighted by molar-refractivity contribution is 6.30. The third-order valence-corrected chi connectivity index (χ3v) is 5.61. The number of rotatable bonds is 6. The predicted molar refractivity (Wildman–Crippen MR) is 105 cm³/mol. The van der Waals surface area contributed by atoms with Crippen LogP contribution in [0.4, 0.5) is 0 Å². The van der Waals surface area contributed by atoms with Crippen LogP contribution in [-0.2, 0) is 4.79 Å². The third kappa shape index (κ3) is 4.87. The maximum Gasteiger partial charge on any atom is 0.223 e. The van der Waals surface area contributed by atoms with Gasteiger partial charge in [0, 0.05) is 37.1 Å². The van der Waals surface area contributed by atoms with Gasteiger partial charge in [0.15, 0.2) is 0 Å². The molecule has 1 fully saturated rings. The van der Waals surface area contributed by atoms with E-state index in [4.69, 9.17) is 16.7 Å². The summed E-state index contributed by atoms with van der Waals surface area (Å²) >= 11 is 6.04. The van der Waals surface area contributed by atoms with Crippen LogP contribution in [0.3, 0.4) is 0 Å². The highest BCUT2D eigenvalue weighted by Crippen LogP contribution is 2.30. The largest absolute Gasteiger partial charge is 0.396 e. The van der Waals surface area contributed by atoms with Gasteiger partial charge in [0.1, 0.15) is 0 Å². The Morgan fingerprint density at radius 1 is 1.04 bits per heavy atom. The average molecular weight is 372 g/mol. The Morgan fingerprint density at radius 2 is 1.65 bits per heavy atom. The lowest BCUT2D eigenvalue weighted by Gasteiger charge is -2.33. The molecule has 0 aromatic heterocycles. The van der Waals surface area contributed by atoms with Crippen LogP contribution in [0.1, 0.15) is 42.7 Å². The minimum atomic E-state index is 0.0381. The van der Waals surface area contributed by atoms with Gasteiger partial charge in [0.25, 0.3) is 0 Å². The van der Waals surface area contributed by atoms with Crippen LogP contribution in [0.25, 0.3) is 0 Å². The van der Waals surface area contributed by atoms with Crippen molar-refractivity contribution in [3.8, 4) is 0 Å². The van der Waals surface area contributed by atoms with Gasteiger partial charge in [0.2, 0.25) is 5.91 Å². The summed E-state index contributed by atoms with van der Waals surface area (Å²) in [6.07, 6.45) is 3.29. The molecular formula is C22H26ClNO2. The summed E-state index contributed by atoms with van der Waals surface area (Å²) in [5, 5.41) is 9.80. The minimum absolute atomic E-state index is 0.0381. The van der Waals surface area contributed by atoms with Crippen LogP contribution in [0.15, 0.2) is 54.6 Å². The van der Waals surface area contributed by atoms with Gasteiger partial charge >= 0.3 is 0 Å². The van der Waals surface area contributed by atoms with Gasteiger partial charge in [-0.05, 0) is 48.4 Å². The maximum absolute atomic E-state index is 12.9. The first-order valence-corrected chi connectivity index (χ1v) is 9.74. The lowest BCUT2D eigenvalue weighted by Crippen LogP contribution is -2.39. The first-order valence-electron chi connectivity index (χ1n) is 9.36. The number of carbonyl (C=O) groups is 1. The SMILES string of the molecule is O=C(C[C@@H](c1ccccc1)c1ccc(Cl)cc1)N1CCC(CCO)CC1. The molecule has 0 aliphatic carbocycles. The van der Waals surface area contributed by atoms with Crippen LogP contribution in [0, 0.1) is 5.92 Å². The number of aliphatic hydroxyl groups is 1. The van der Waals surface area contributed by atoms with E-state index < -0.39 is 0 Å². The van der Waals surface area contributed by atoms with Crippen molar-refractivity contribution in [2.24, 2.45) is 5.92 Å². The molecule has 1 saturated heterocycles. The molecule has 3 nitrogen and oxygen atoms in total. The number of piperidine rings is 1. The second-order valence-electron chi connectivity index (χ2n) is 7.06.